The van der Waals surface area contributed by atoms with Gasteiger partial charge in [-0.05, 0) is 63.7 Å². The Kier molecular flexibility index (Phi) is 4.74. The van der Waals surface area contributed by atoms with Crippen LogP contribution in [0.25, 0.3) is 0 Å². The SMILES string of the molecule is C1CC(CC2(CC3CCNCC3)OCCO2)CCN1. The van der Waals surface area contributed by atoms with Crippen LogP contribution in [0.4, 0.5) is 0 Å². The van der Waals surface area contributed by atoms with Gasteiger partial charge in [-0.1, -0.05) is 0 Å². The number of nitrogens with one attached hydrogen (secondary N) is 2. The molecule has 4 heteroatoms. The van der Waals surface area contributed by atoms with Crippen LogP contribution in [0.5, 0.6) is 0 Å². The third kappa shape index (κ3) is 3.69. The van der Waals surface area contributed by atoms with Gasteiger partial charge in [0.25, 0.3) is 0 Å². The molecule has 19 heavy (non-hydrogen) atoms. The van der Waals surface area contributed by atoms with Crippen molar-refractivity contribution >= 4 is 0 Å². The molecule has 0 aromatic carbocycles. The van der Waals surface area contributed by atoms with Gasteiger partial charge >= 0.3 is 0 Å². The number of hydrogen-bond acceptors (Lipinski definition) is 4. The van der Waals surface area contributed by atoms with Gasteiger partial charge in [0.1, 0.15) is 0 Å². The minimum Gasteiger partial charge on any atom is -0.348 e. The summed E-state index contributed by atoms with van der Waals surface area (Å²) in [5, 5.41) is 6.89. The fourth-order valence-electron chi connectivity index (χ4n) is 3.87. The lowest BCUT2D eigenvalue weighted by atomic mass is 9.83. The van der Waals surface area contributed by atoms with Gasteiger partial charge in [0.15, 0.2) is 5.79 Å². The molecule has 0 saturated carbocycles. The molecular weight excluding hydrogens is 240 g/mol. The molecule has 0 spiro atoms. The second-order valence-corrected chi connectivity index (χ2v) is 6.40. The fourth-order valence-corrected chi connectivity index (χ4v) is 3.87. The molecule has 3 fully saturated rings. The molecule has 0 radical (unpaired) electrons. The molecule has 0 aromatic heterocycles. The summed E-state index contributed by atoms with van der Waals surface area (Å²) in [6, 6.07) is 0. The zero-order valence-electron chi connectivity index (χ0n) is 12.0. The van der Waals surface area contributed by atoms with E-state index in [-0.39, 0.29) is 5.79 Å². The van der Waals surface area contributed by atoms with E-state index >= 15 is 0 Å². The predicted molar refractivity (Wildman–Crippen MR) is 75.1 cm³/mol. The van der Waals surface area contributed by atoms with Gasteiger partial charge in [-0.2, -0.15) is 0 Å². The van der Waals surface area contributed by atoms with Crippen LogP contribution in [0.15, 0.2) is 0 Å². The molecule has 0 bridgehead atoms. The minimum absolute atomic E-state index is 0.246. The Labute approximate surface area is 116 Å². The second-order valence-electron chi connectivity index (χ2n) is 6.40. The Morgan fingerprint density at radius 2 is 1.16 bits per heavy atom. The summed E-state index contributed by atoms with van der Waals surface area (Å²) in [6.07, 6.45) is 7.33. The van der Waals surface area contributed by atoms with Crippen molar-refractivity contribution in [2.45, 2.75) is 44.3 Å². The monoisotopic (exact) mass is 268 g/mol. The molecule has 4 nitrogen and oxygen atoms in total. The summed E-state index contributed by atoms with van der Waals surface area (Å²) in [7, 11) is 0. The molecular formula is C15H28N2O2. The lowest BCUT2D eigenvalue weighted by Gasteiger charge is -2.36. The summed E-state index contributed by atoms with van der Waals surface area (Å²) < 4.78 is 12.2. The molecule has 3 heterocycles. The highest BCUT2D eigenvalue weighted by Gasteiger charge is 2.40. The Hall–Kier alpha value is -0.160. The highest BCUT2D eigenvalue weighted by molar-refractivity contribution is 4.84. The average molecular weight is 268 g/mol. The van der Waals surface area contributed by atoms with Crippen LogP contribution in [-0.2, 0) is 9.47 Å². The normalized spacial score (nSPS) is 29.7. The Morgan fingerprint density at radius 3 is 1.58 bits per heavy atom. The highest BCUT2D eigenvalue weighted by atomic mass is 16.7. The highest BCUT2D eigenvalue weighted by Crippen LogP contribution is 2.37. The average Bonchev–Trinajstić information content (AvgIpc) is 2.89. The third-order valence-electron chi connectivity index (χ3n) is 4.93. The molecule has 0 aliphatic carbocycles. The van der Waals surface area contributed by atoms with Crippen molar-refractivity contribution in [2.75, 3.05) is 39.4 Å². The first-order valence-corrected chi connectivity index (χ1v) is 8.06. The molecule has 0 unspecified atom stereocenters. The minimum atomic E-state index is -0.246. The van der Waals surface area contributed by atoms with Gasteiger partial charge in [-0.25, -0.2) is 0 Å². The van der Waals surface area contributed by atoms with E-state index in [1.165, 1.54) is 25.7 Å². The lowest BCUT2D eigenvalue weighted by molar-refractivity contribution is -0.184. The van der Waals surface area contributed by atoms with Crippen molar-refractivity contribution in [3.05, 3.63) is 0 Å². The maximum Gasteiger partial charge on any atom is 0.169 e. The summed E-state index contributed by atoms with van der Waals surface area (Å²) in [6.45, 7) is 6.22. The largest absolute Gasteiger partial charge is 0.348 e. The van der Waals surface area contributed by atoms with E-state index in [4.69, 9.17) is 9.47 Å². The number of rotatable bonds is 4. The van der Waals surface area contributed by atoms with Crippen LogP contribution in [0.3, 0.4) is 0 Å². The van der Waals surface area contributed by atoms with Crippen molar-refractivity contribution in [2.24, 2.45) is 11.8 Å². The maximum absolute atomic E-state index is 6.08. The smallest absolute Gasteiger partial charge is 0.169 e. The molecule has 3 aliphatic rings. The fraction of sp³-hybridized carbons (Fsp3) is 1.00. The molecule has 0 atom stereocenters. The predicted octanol–water partition coefficient (Wildman–Crippen LogP) is 1.51. The van der Waals surface area contributed by atoms with Crippen molar-refractivity contribution in [1.29, 1.82) is 0 Å². The van der Waals surface area contributed by atoms with E-state index in [1.54, 1.807) is 0 Å². The lowest BCUT2D eigenvalue weighted by Crippen LogP contribution is -2.40. The van der Waals surface area contributed by atoms with Crippen molar-refractivity contribution < 1.29 is 9.47 Å². The van der Waals surface area contributed by atoms with E-state index in [9.17, 15) is 0 Å². The topological polar surface area (TPSA) is 42.5 Å². The van der Waals surface area contributed by atoms with Gasteiger partial charge < -0.3 is 20.1 Å². The van der Waals surface area contributed by atoms with Crippen LogP contribution in [0.2, 0.25) is 0 Å². The first-order valence-electron chi connectivity index (χ1n) is 8.06. The van der Waals surface area contributed by atoms with E-state index < -0.39 is 0 Å². The Bertz CT molecular complexity index is 245. The molecule has 3 saturated heterocycles. The Balaban J connectivity index is 1.57. The van der Waals surface area contributed by atoms with E-state index in [2.05, 4.69) is 10.6 Å². The number of piperidine rings is 2. The Morgan fingerprint density at radius 1 is 0.737 bits per heavy atom. The van der Waals surface area contributed by atoms with E-state index in [1.807, 2.05) is 0 Å². The second kappa shape index (κ2) is 6.53. The summed E-state index contributed by atoms with van der Waals surface area (Å²) in [5.74, 6) is 1.31. The quantitative estimate of drug-likeness (QED) is 0.811. The van der Waals surface area contributed by atoms with Crippen LogP contribution >= 0.6 is 0 Å². The van der Waals surface area contributed by atoms with Crippen molar-refractivity contribution in [3.63, 3.8) is 0 Å². The first-order chi connectivity index (χ1) is 9.36. The van der Waals surface area contributed by atoms with Gasteiger partial charge in [0.2, 0.25) is 0 Å². The van der Waals surface area contributed by atoms with Crippen LogP contribution in [-0.4, -0.2) is 45.2 Å². The van der Waals surface area contributed by atoms with Crippen molar-refractivity contribution in [1.82, 2.24) is 10.6 Å². The molecule has 2 N–H and O–H groups in total. The van der Waals surface area contributed by atoms with Crippen molar-refractivity contribution in [3.8, 4) is 0 Å². The number of ether oxygens (including phenoxy) is 2. The van der Waals surface area contributed by atoms with Crippen LogP contribution < -0.4 is 10.6 Å². The third-order valence-corrected chi connectivity index (χ3v) is 4.93. The summed E-state index contributed by atoms with van der Waals surface area (Å²) >= 11 is 0. The standard InChI is InChI=1S/C15H28N2O2/c1-5-16-6-2-13(1)11-15(18-9-10-19-15)12-14-3-7-17-8-4-14/h13-14,16-17H,1-12H2. The maximum atomic E-state index is 6.08. The zero-order valence-corrected chi connectivity index (χ0v) is 12.0. The van der Waals surface area contributed by atoms with Crippen LogP contribution in [0.1, 0.15) is 38.5 Å². The summed E-state index contributed by atoms with van der Waals surface area (Å²) in [4.78, 5) is 0. The van der Waals surface area contributed by atoms with E-state index in [0.29, 0.717) is 0 Å². The van der Waals surface area contributed by atoms with Crippen LogP contribution in [0, 0.1) is 11.8 Å². The summed E-state index contributed by atoms with van der Waals surface area (Å²) in [5.41, 5.74) is 0. The molecule has 110 valence electrons. The van der Waals surface area contributed by atoms with E-state index in [0.717, 1.165) is 64.1 Å². The molecule has 0 amide bonds. The van der Waals surface area contributed by atoms with Gasteiger partial charge in [0.05, 0.1) is 13.2 Å². The van der Waals surface area contributed by atoms with Gasteiger partial charge in [-0.3, -0.25) is 0 Å². The molecule has 3 rings (SSSR count). The first kappa shape index (κ1) is 13.8. The zero-order chi connectivity index (χ0) is 13.0. The van der Waals surface area contributed by atoms with Gasteiger partial charge in [-0.15, -0.1) is 0 Å². The molecule has 3 aliphatic heterocycles. The number of hydrogen-bond donors (Lipinski definition) is 2. The molecule has 0 aromatic rings. The van der Waals surface area contributed by atoms with Gasteiger partial charge in [0, 0.05) is 12.8 Å².